The first-order valence-corrected chi connectivity index (χ1v) is 10.7. The number of Topliss-reactive ketones (excluding diaryl/α,β-unsaturated/α-hetero) is 1. The van der Waals surface area contributed by atoms with Crippen molar-refractivity contribution in [2.75, 3.05) is 50.7 Å². The van der Waals surface area contributed by atoms with Crippen LogP contribution in [0, 0.1) is 11.7 Å². The minimum absolute atomic E-state index is 0.0470. The number of piperazine rings is 1. The number of carbonyl (C=O) groups is 2. The first-order chi connectivity index (χ1) is 13.8. The van der Waals surface area contributed by atoms with Gasteiger partial charge in [-0.25, -0.2) is 9.18 Å². The van der Waals surface area contributed by atoms with Gasteiger partial charge in [-0.15, -0.1) is 0 Å². The number of nitrogens with one attached hydrogen (secondary N) is 1. The van der Waals surface area contributed by atoms with Crippen molar-refractivity contribution in [1.82, 2.24) is 15.1 Å². The number of hydrogen-bond acceptors (Lipinski definition) is 4. The molecule has 1 unspecified atom stereocenters. The fourth-order valence-electron chi connectivity index (χ4n) is 4.08. The van der Waals surface area contributed by atoms with E-state index in [4.69, 9.17) is 0 Å². The zero-order valence-electron chi connectivity index (χ0n) is 17.8. The SMILES string of the molecule is CC(=O)c1ccc(N2CCN(C(=O)NCC(C)N3CCC(C)CC3)CC2)c(F)c1. The Morgan fingerprint density at radius 3 is 2.38 bits per heavy atom. The smallest absolute Gasteiger partial charge is 0.317 e. The molecule has 2 heterocycles. The quantitative estimate of drug-likeness (QED) is 0.767. The molecule has 1 N–H and O–H groups in total. The molecule has 160 valence electrons. The first kappa shape index (κ1) is 21.6. The number of benzene rings is 1. The molecule has 6 nitrogen and oxygen atoms in total. The van der Waals surface area contributed by atoms with Gasteiger partial charge in [0.15, 0.2) is 5.78 Å². The largest absolute Gasteiger partial charge is 0.366 e. The van der Waals surface area contributed by atoms with Crippen LogP contribution in [0.4, 0.5) is 14.9 Å². The molecular weight excluding hydrogens is 371 g/mol. The number of nitrogens with zero attached hydrogens (tertiary/aromatic N) is 3. The normalized spacial score (nSPS) is 19.9. The third-order valence-corrected chi connectivity index (χ3v) is 6.25. The number of urea groups is 1. The highest BCUT2D eigenvalue weighted by Gasteiger charge is 2.25. The van der Waals surface area contributed by atoms with Crippen molar-refractivity contribution < 1.29 is 14.0 Å². The van der Waals surface area contributed by atoms with E-state index in [9.17, 15) is 14.0 Å². The van der Waals surface area contributed by atoms with Crippen molar-refractivity contribution in [3.8, 4) is 0 Å². The van der Waals surface area contributed by atoms with Crippen molar-refractivity contribution in [3.05, 3.63) is 29.6 Å². The predicted molar refractivity (Wildman–Crippen MR) is 113 cm³/mol. The van der Waals surface area contributed by atoms with Gasteiger partial charge in [0.1, 0.15) is 5.82 Å². The van der Waals surface area contributed by atoms with Gasteiger partial charge in [-0.05, 0) is 63.9 Å². The van der Waals surface area contributed by atoms with E-state index in [0.29, 0.717) is 50.0 Å². The van der Waals surface area contributed by atoms with Gasteiger partial charge >= 0.3 is 6.03 Å². The molecule has 0 bridgehead atoms. The molecule has 29 heavy (non-hydrogen) atoms. The minimum atomic E-state index is -0.389. The standard InChI is InChI=1S/C22H33FN4O2/c1-16-6-8-25(9-7-16)17(2)15-24-22(29)27-12-10-26(11-13-27)21-5-4-19(18(3)28)14-20(21)23/h4-5,14,16-17H,6-13,15H2,1-3H3,(H,24,29). The number of ketones is 1. The lowest BCUT2D eigenvalue weighted by Gasteiger charge is -2.37. The third kappa shape index (κ3) is 5.47. The van der Waals surface area contributed by atoms with Crippen LogP contribution in [0.5, 0.6) is 0 Å². The first-order valence-electron chi connectivity index (χ1n) is 10.7. The number of piperidine rings is 1. The molecule has 0 aliphatic carbocycles. The highest BCUT2D eigenvalue weighted by molar-refractivity contribution is 5.94. The molecule has 2 amide bonds. The number of halogens is 1. The Bertz CT molecular complexity index is 726. The number of carbonyl (C=O) groups excluding carboxylic acids is 2. The van der Waals surface area contributed by atoms with E-state index < -0.39 is 0 Å². The van der Waals surface area contributed by atoms with Crippen LogP contribution < -0.4 is 10.2 Å². The minimum Gasteiger partial charge on any atom is -0.366 e. The Morgan fingerprint density at radius 2 is 1.79 bits per heavy atom. The second-order valence-corrected chi connectivity index (χ2v) is 8.45. The van der Waals surface area contributed by atoms with Gasteiger partial charge in [-0.1, -0.05) is 6.92 Å². The van der Waals surface area contributed by atoms with E-state index >= 15 is 0 Å². The molecule has 2 saturated heterocycles. The van der Waals surface area contributed by atoms with Crippen molar-refractivity contribution in [2.24, 2.45) is 5.92 Å². The summed E-state index contributed by atoms with van der Waals surface area (Å²) in [6.45, 7) is 11.0. The summed E-state index contributed by atoms with van der Waals surface area (Å²) in [5.74, 6) is 0.262. The molecule has 0 saturated carbocycles. The summed E-state index contributed by atoms with van der Waals surface area (Å²) < 4.78 is 14.4. The van der Waals surface area contributed by atoms with E-state index in [-0.39, 0.29) is 17.6 Å². The molecule has 0 aromatic heterocycles. The fraction of sp³-hybridized carbons (Fsp3) is 0.636. The van der Waals surface area contributed by atoms with E-state index in [2.05, 4.69) is 24.1 Å². The molecule has 3 rings (SSSR count). The van der Waals surface area contributed by atoms with E-state index in [0.717, 1.165) is 19.0 Å². The molecule has 1 atom stereocenters. The third-order valence-electron chi connectivity index (χ3n) is 6.25. The van der Waals surface area contributed by atoms with Gasteiger partial charge in [0.05, 0.1) is 5.69 Å². The van der Waals surface area contributed by atoms with Gasteiger partial charge in [0.2, 0.25) is 0 Å². The van der Waals surface area contributed by atoms with Gasteiger partial charge in [-0.2, -0.15) is 0 Å². The Hall–Kier alpha value is -2.15. The van der Waals surface area contributed by atoms with E-state index in [1.807, 2.05) is 4.90 Å². The van der Waals surface area contributed by atoms with Crippen LogP contribution in [-0.4, -0.2) is 73.5 Å². The Morgan fingerprint density at radius 1 is 1.14 bits per heavy atom. The van der Waals surface area contributed by atoms with Crippen LogP contribution in [0.2, 0.25) is 0 Å². The summed E-state index contributed by atoms with van der Waals surface area (Å²) >= 11 is 0. The second kappa shape index (κ2) is 9.57. The molecule has 2 fully saturated rings. The maximum Gasteiger partial charge on any atom is 0.317 e. The summed E-state index contributed by atoms with van der Waals surface area (Å²) in [5, 5.41) is 3.06. The number of hydrogen-bond donors (Lipinski definition) is 1. The lowest BCUT2D eigenvalue weighted by atomic mass is 9.98. The van der Waals surface area contributed by atoms with Crippen LogP contribution in [0.1, 0.15) is 44.0 Å². The van der Waals surface area contributed by atoms with Crippen molar-refractivity contribution in [2.45, 2.75) is 39.7 Å². The molecule has 0 radical (unpaired) electrons. The fourth-order valence-corrected chi connectivity index (χ4v) is 4.08. The lowest BCUT2D eigenvalue weighted by molar-refractivity contribution is 0.101. The van der Waals surface area contributed by atoms with Crippen molar-refractivity contribution >= 4 is 17.5 Å². The van der Waals surface area contributed by atoms with Gasteiger partial charge < -0.3 is 15.1 Å². The van der Waals surface area contributed by atoms with Crippen LogP contribution in [0.15, 0.2) is 18.2 Å². The summed E-state index contributed by atoms with van der Waals surface area (Å²) in [6.07, 6.45) is 2.45. The molecule has 0 spiro atoms. The highest BCUT2D eigenvalue weighted by atomic mass is 19.1. The molecule has 1 aromatic carbocycles. The maximum atomic E-state index is 14.4. The van der Waals surface area contributed by atoms with Crippen LogP contribution in [-0.2, 0) is 0 Å². The zero-order chi connectivity index (χ0) is 21.0. The predicted octanol–water partition coefficient (Wildman–Crippen LogP) is 2.98. The molecule has 7 heteroatoms. The summed E-state index contributed by atoms with van der Waals surface area (Å²) in [6, 6.07) is 4.89. The average Bonchev–Trinajstić information content (AvgIpc) is 2.72. The van der Waals surface area contributed by atoms with Crippen LogP contribution in [0.3, 0.4) is 0 Å². The van der Waals surface area contributed by atoms with Gasteiger partial charge in [0.25, 0.3) is 0 Å². The summed E-state index contributed by atoms with van der Waals surface area (Å²) in [4.78, 5) is 30.1. The summed E-state index contributed by atoms with van der Waals surface area (Å²) in [5.41, 5.74) is 0.865. The monoisotopic (exact) mass is 404 g/mol. The Balaban J connectivity index is 1.45. The van der Waals surface area contributed by atoms with Crippen LogP contribution in [0.25, 0.3) is 0 Å². The van der Waals surface area contributed by atoms with Crippen molar-refractivity contribution in [1.29, 1.82) is 0 Å². The lowest BCUT2D eigenvalue weighted by Crippen LogP contribution is -2.54. The van der Waals surface area contributed by atoms with Gasteiger partial charge in [0, 0.05) is 44.3 Å². The average molecular weight is 405 g/mol. The number of likely N-dealkylation sites (tertiary alicyclic amines) is 1. The topological polar surface area (TPSA) is 55.9 Å². The van der Waals surface area contributed by atoms with Crippen LogP contribution >= 0.6 is 0 Å². The summed E-state index contributed by atoms with van der Waals surface area (Å²) in [7, 11) is 0. The molecule has 2 aliphatic heterocycles. The number of anilines is 1. The number of amides is 2. The number of rotatable bonds is 5. The second-order valence-electron chi connectivity index (χ2n) is 8.45. The zero-order valence-corrected chi connectivity index (χ0v) is 17.8. The molecule has 1 aromatic rings. The molecule has 2 aliphatic rings. The Kier molecular flexibility index (Phi) is 7.11. The van der Waals surface area contributed by atoms with Crippen molar-refractivity contribution in [3.63, 3.8) is 0 Å². The van der Waals surface area contributed by atoms with Gasteiger partial charge in [-0.3, -0.25) is 9.69 Å². The molecular formula is C22H33FN4O2. The van der Waals surface area contributed by atoms with E-state index in [1.54, 1.807) is 17.0 Å². The Labute approximate surface area is 173 Å². The highest BCUT2D eigenvalue weighted by Crippen LogP contribution is 2.22. The van der Waals surface area contributed by atoms with E-state index in [1.165, 1.54) is 25.8 Å². The maximum absolute atomic E-state index is 14.4.